The van der Waals surface area contributed by atoms with Crippen LogP contribution in [0.4, 0.5) is 0 Å². The molecule has 1 aromatic carbocycles. The zero-order valence-electron chi connectivity index (χ0n) is 12.6. The maximum absolute atomic E-state index is 12.2. The molecular weight excluding hydrogens is 324 g/mol. The lowest BCUT2D eigenvalue weighted by atomic mass is 9.84. The Balaban J connectivity index is 0.00000242. The molecule has 1 amide bonds. The molecule has 0 saturated heterocycles. The Bertz CT molecular complexity index is 602. The fourth-order valence-corrected chi connectivity index (χ4v) is 3.42. The topological polar surface area (TPSA) is 89.3 Å². The van der Waals surface area contributed by atoms with Gasteiger partial charge in [0.2, 0.25) is 0 Å². The molecule has 2 atom stereocenters. The van der Waals surface area contributed by atoms with Crippen LogP contribution in [0.3, 0.4) is 0 Å². The largest absolute Gasteiger partial charge is 0.349 e. The Morgan fingerprint density at radius 2 is 1.82 bits per heavy atom. The molecule has 22 heavy (non-hydrogen) atoms. The van der Waals surface area contributed by atoms with Gasteiger partial charge in [0.25, 0.3) is 5.91 Å². The summed E-state index contributed by atoms with van der Waals surface area (Å²) in [5.41, 5.74) is 6.23. The minimum Gasteiger partial charge on any atom is -0.349 e. The van der Waals surface area contributed by atoms with E-state index in [1.807, 2.05) is 0 Å². The second kappa shape index (κ2) is 7.94. The summed E-state index contributed by atoms with van der Waals surface area (Å²) >= 11 is 0. The van der Waals surface area contributed by atoms with Crippen molar-refractivity contribution in [3.05, 3.63) is 29.8 Å². The summed E-state index contributed by atoms with van der Waals surface area (Å²) in [4.78, 5) is 12.5. The number of hydrogen-bond donors (Lipinski definition) is 2. The average molecular weight is 347 g/mol. The van der Waals surface area contributed by atoms with Crippen LogP contribution in [0.5, 0.6) is 0 Å². The number of nitrogens with one attached hydrogen (secondary N) is 1. The third kappa shape index (κ3) is 4.69. The van der Waals surface area contributed by atoms with Gasteiger partial charge in [-0.1, -0.05) is 12.8 Å². The number of carbonyl (C=O) groups excluding carboxylic acids is 1. The summed E-state index contributed by atoms with van der Waals surface area (Å²) in [6, 6.07) is 6.14. The highest BCUT2D eigenvalue weighted by Crippen LogP contribution is 2.24. The molecule has 1 aliphatic rings. The molecule has 2 unspecified atom stereocenters. The highest BCUT2D eigenvalue weighted by Gasteiger charge is 2.25. The van der Waals surface area contributed by atoms with E-state index in [-0.39, 0.29) is 29.3 Å². The van der Waals surface area contributed by atoms with Gasteiger partial charge in [0.05, 0.1) is 4.90 Å². The molecule has 124 valence electrons. The molecule has 0 aromatic heterocycles. The van der Waals surface area contributed by atoms with Crippen LogP contribution in [-0.2, 0) is 9.84 Å². The summed E-state index contributed by atoms with van der Waals surface area (Å²) in [5, 5.41) is 3.03. The van der Waals surface area contributed by atoms with Crippen LogP contribution >= 0.6 is 12.4 Å². The van der Waals surface area contributed by atoms with Crippen LogP contribution in [0.15, 0.2) is 29.2 Å². The molecule has 3 N–H and O–H groups in total. The lowest BCUT2D eigenvalue weighted by Crippen LogP contribution is -2.44. The van der Waals surface area contributed by atoms with Crippen molar-refractivity contribution in [3.8, 4) is 0 Å². The van der Waals surface area contributed by atoms with Gasteiger partial charge in [0.1, 0.15) is 0 Å². The smallest absolute Gasteiger partial charge is 0.251 e. The van der Waals surface area contributed by atoms with Gasteiger partial charge in [-0.3, -0.25) is 4.79 Å². The van der Waals surface area contributed by atoms with Crippen LogP contribution in [0.1, 0.15) is 36.0 Å². The van der Waals surface area contributed by atoms with Crippen molar-refractivity contribution in [2.45, 2.75) is 36.6 Å². The number of rotatable bonds is 4. The lowest BCUT2D eigenvalue weighted by Gasteiger charge is -2.31. The van der Waals surface area contributed by atoms with Gasteiger partial charge in [-0.2, -0.15) is 0 Å². The van der Waals surface area contributed by atoms with Crippen LogP contribution in [0, 0.1) is 5.92 Å². The van der Waals surface area contributed by atoms with E-state index in [4.69, 9.17) is 5.73 Å². The normalized spacial score (nSPS) is 21.7. The van der Waals surface area contributed by atoms with Crippen molar-refractivity contribution in [3.63, 3.8) is 0 Å². The first-order valence-corrected chi connectivity index (χ1v) is 9.12. The average Bonchev–Trinajstić information content (AvgIpc) is 2.47. The molecular formula is C15H23ClN2O3S. The number of carbonyl (C=O) groups is 1. The predicted molar refractivity (Wildman–Crippen MR) is 89.1 cm³/mol. The SMILES string of the molecule is CS(=O)(=O)c1ccc(C(=O)NC2CCCCC2CN)cc1.Cl. The molecule has 0 bridgehead atoms. The maximum Gasteiger partial charge on any atom is 0.251 e. The van der Waals surface area contributed by atoms with E-state index < -0.39 is 9.84 Å². The van der Waals surface area contributed by atoms with E-state index in [1.165, 1.54) is 12.1 Å². The zero-order chi connectivity index (χ0) is 15.5. The second-order valence-corrected chi connectivity index (χ2v) is 7.67. The number of nitrogens with two attached hydrogens (primary N) is 1. The molecule has 5 nitrogen and oxygen atoms in total. The van der Waals surface area contributed by atoms with Gasteiger partial charge >= 0.3 is 0 Å². The van der Waals surface area contributed by atoms with Crippen molar-refractivity contribution in [1.29, 1.82) is 0 Å². The molecule has 1 saturated carbocycles. The van der Waals surface area contributed by atoms with Crippen molar-refractivity contribution < 1.29 is 13.2 Å². The minimum atomic E-state index is -3.23. The highest BCUT2D eigenvalue weighted by atomic mass is 35.5. The quantitative estimate of drug-likeness (QED) is 0.869. The molecule has 0 radical (unpaired) electrons. The van der Waals surface area contributed by atoms with Crippen LogP contribution in [0.2, 0.25) is 0 Å². The van der Waals surface area contributed by atoms with E-state index in [0.717, 1.165) is 31.9 Å². The van der Waals surface area contributed by atoms with Crippen LogP contribution in [0.25, 0.3) is 0 Å². The van der Waals surface area contributed by atoms with E-state index in [0.29, 0.717) is 18.0 Å². The van der Waals surface area contributed by atoms with Crippen molar-refractivity contribution in [1.82, 2.24) is 5.32 Å². The molecule has 2 rings (SSSR count). The maximum atomic E-state index is 12.2. The Hall–Kier alpha value is -1.11. The fraction of sp³-hybridized carbons (Fsp3) is 0.533. The Kier molecular flexibility index (Phi) is 6.84. The Morgan fingerprint density at radius 3 is 2.36 bits per heavy atom. The molecule has 1 aliphatic carbocycles. The van der Waals surface area contributed by atoms with E-state index in [1.54, 1.807) is 12.1 Å². The fourth-order valence-electron chi connectivity index (χ4n) is 2.79. The third-order valence-electron chi connectivity index (χ3n) is 4.07. The third-order valence-corrected chi connectivity index (χ3v) is 5.20. The predicted octanol–water partition coefficient (Wildman–Crippen LogP) is 1.76. The number of sulfone groups is 1. The van der Waals surface area contributed by atoms with Crippen molar-refractivity contribution in [2.24, 2.45) is 11.7 Å². The van der Waals surface area contributed by atoms with Crippen LogP contribution in [-0.4, -0.2) is 33.2 Å². The van der Waals surface area contributed by atoms with Gasteiger partial charge in [0.15, 0.2) is 9.84 Å². The first-order valence-electron chi connectivity index (χ1n) is 7.23. The number of benzene rings is 1. The summed E-state index contributed by atoms with van der Waals surface area (Å²) in [6.07, 6.45) is 5.42. The van der Waals surface area contributed by atoms with E-state index >= 15 is 0 Å². The van der Waals surface area contributed by atoms with Crippen LogP contribution < -0.4 is 11.1 Å². The van der Waals surface area contributed by atoms with Gasteiger partial charge in [-0.25, -0.2) is 8.42 Å². The summed E-state index contributed by atoms with van der Waals surface area (Å²) < 4.78 is 22.8. The summed E-state index contributed by atoms with van der Waals surface area (Å²) in [6.45, 7) is 0.581. The standard InChI is InChI=1S/C15H22N2O3S.ClH/c1-21(19,20)13-8-6-11(7-9-13)15(18)17-14-5-3-2-4-12(14)10-16;/h6-9,12,14H,2-5,10,16H2,1H3,(H,17,18);1H. The Morgan fingerprint density at radius 1 is 1.23 bits per heavy atom. The zero-order valence-corrected chi connectivity index (χ0v) is 14.3. The van der Waals surface area contributed by atoms with Crippen molar-refractivity contribution >= 4 is 28.2 Å². The first-order chi connectivity index (χ1) is 9.91. The molecule has 0 spiro atoms. The second-order valence-electron chi connectivity index (χ2n) is 5.66. The first kappa shape index (κ1) is 18.9. The van der Waals surface area contributed by atoms with Gasteiger partial charge in [0, 0.05) is 17.9 Å². The summed E-state index contributed by atoms with van der Waals surface area (Å²) in [5.74, 6) is 0.165. The molecule has 1 fully saturated rings. The van der Waals surface area contributed by atoms with Gasteiger partial charge in [-0.15, -0.1) is 12.4 Å². The van der Waals surface area contributed by atoms with E-state index in [9.17, 15) is 13.2 Å². The van der Waals surface area contributed by atoms with Crippen molar-refractivity contribution in [2.75, 3.05) is 12.8 Å². The van der Waals surface area contributed by atoms with Gasteiger partial charge < -0.3 is 11.1 Å². The monoisotopic (exact) mass is 346 g/mol. The van der Waals surface area contributed by atoms with Gasteiger partial charge in [-0.05, 0) is 49.6 Å². The lowest BCUT2D eigenvalue weighted by molar-refractivity contribution is 0.0908. The summed E-state index contributed by atoms with van der Waals surface area (Å²) in [7, 11) is -3.23. The molecule has 0 aliphatic heterocycles. The number of hydrogen-bond acceptors (Lipinski definition) is 4. The van der Waals surface area contributed by atoms with E-state index in [2.05, 4.69) is 5.32 Å². The molecule has 7 heteroatoms. The number of halogens is 1. The molecule has 0 heterocycles. The highest BCUT2D eigenvalue weighted by molar-refractivity contribution is 7.90. The Labute approximate surface area is 138 Å². The molecule has 1 aromatic rings. The minimum absolute atomic E-state index is 0. The number of amides is 1.